The molecule has 2 rings (SSSR count). The fraction of sp³-hybridized carbons (Fsp3) is 0.0714. The van der Waals surface area contributed by atoms with Crippen molar-refractivity contribution in [3.05, 3.63) is 52.3 Å². The summed E-state index contributed by atoms with van der Waals surface area (Å²) in [4.78, 5) is 27.0. The summed E-state index contributed by atoms with van der Waals surface area (Å²) in [6.45, 7) is 0. The number of nitrogens with one attached hydrogen (secondary N) is 1. The number of carboxylic acids is 1. The Balaban J connectivity index is 2.31. The van der Waals surface area contributed by atoms with Gasteiger partial charge in [-0.05, 0) is 40.2 Å². The van der Waals surface area contributed by atoms with Crippen molar-refractivity contribution in [2.45, 2.75) is 0 Å². The van der Waals surface area contributed by atoms with Gasteiger partial charge in [0.2, 0.25) is 0 Å². The number of nitrogens with zero attached hydrogens (tertiary/aromatic N) is 1. The van der Waals surface area contributed by atoms with Crippen molar-refractivity contribution < 1.29 is 19.4 Å². The molecule has 2 N–H and O–H groups in total. The molecular formula is C14H11BrN2O4. The van der Waals surface area contributed by atoms with E-state index in [0.717, 1.165) is 0 Å². The maximum atomic E-state index is 12.1. The van der Waals surface area contributed by atoms with Crippen LogP contribution in [-0.4, -0.2) is 29.1 Å². The van der Waals surface area contributed by atoms with Gasteiger partial charge in [-0.1, -0.05) is 0 Å². The fourth-order valence-corrected chi connectivity index (χ4v) is 2.03. The average Bonchev–Trinajstić information content (AvgIpc) is 2.47. The van der Waals surface area contributed by atoms with E-state index < -0.39 is 11.9 Å². The number of halogens is 1. The molecule has 1 amide bonds. The highest BCUT2D eigenvalue weighted by molar-refractivity contribution is 9.10. The molecule has 0 saturated heterocycles. The first-order valence-corrected chi connectivity index (χ1v) is 6.64. The number of carbonyl (C=O) groups excluding carboxylic acids is 1. The average molecular weight is 351 g/mol. The number of benzene rings is 1. The summed E-state index contributed by atoms with van der Waals surface area (Å²) in [5.41, 5.74) is 0.674. The molecule has 0 fully saturated rings. The van der Waals surface area contributed by atoms with Gasteiger partial charge in [-0.15, -0.1) is 0 Å². The topological polar surface area (TPSA) is 88.5 Å². The molecule has 108 valence electrons. The molecule has 0 aliphatic heterocycles. The largest absolute Gasteiger partial charge is 0.495 e. The number of amides is 1. The van der Waals surface area contributed by atoms with E-state index in [9.17, 15) is 9.59 Å². The highest BCUT2D eigenvalue weighted by Gasteiger charge is 2.13. The lowest BCUT2D eigenvalue weighted by Gasteiger charge is -2.11. The molecule has 1 aromatic carbocycles. The number of ether oxygens (including phenoxy) is 1. The van der Waals surface area contributed by atoms with Crippen LogP contribution in [0.5, 0.6) is 5.75 Å². The molecule has 0 aliphatic rings. The monoisotopic (exact) mass is 350 g/mol. The second-order valence-corrected chi connectivity index (χ2v) is 4.98. The molecule has 0 atom stereocenters. The molecule has 7 heteroatoms. The van der Waals surface area contributed by atoms with Gasteiger partial charge in [0.15, 0.2) is 0 Å². The first-order valence-electron chi connectivity index (χ1n) is 5.84. The summed E-state index contributed by atoms with van der Waals surface area (Å²) in [6.07, 6.45) is 2.97. The molecule has 0 saturated carbocycles. The molecular weight excluding hydrogens is 340 g/mol. The number of anilines is 1. The lowest BCUT2D eigenvalue weighted by Crippen LogP contribution is -2.13. The van der Waals surface area contributed by atoms with Crippen LogP contribution in [0.25, 0.3) is 0 Å². The van der Waals surface area contributed by atoms with Gasteiger partial charge < -0.3 is 15.2 Å². The molecule has 0 bridgehead atoms. The van der Waals surface area contributed by atoms with E-state index in [1.165, 1.54) is 31.5 Å². The first-order chi connectivity index (χ1) is 10.0. The van der Waals surface area contributed by atoms with Crippen LogP contribution in [0.4, 0.5) is 5.69 Å². The minimum atomic E-state index is -1.09. The van der Waals surface area contributed by atoms with Gasteiger partial charge in [0.25, 0.3) is 5.91 Å². The van der Waals surface area contributed by atoms with E-state index in [1.807, 2.05) is 0 Å². The zero-order chi connectivity index (χ0) is 15.4. The highest BCUT2D eigenvalue weighted by Crippen LogP contribution is 2.26. The number of rotatable bonds is 4. The van der Waals surface area contributed by atoms with E-state index in [-0.39, 0.29) is 11.3 Å². The van der Waals surface area contributed by atoms with Gasteiger partial charge in [0.05, 0.1) is 23.9 Å². The third kappa shape index (κ3) is 3.57. The van der Waals surface area contributed by atoms with Crippen LogP contribution in [0.2, 0.25) is 0 Å². The van der Waals surface area contributed by atoms with Crippen LogP contribution in [-0.2, 0) is 0 Å². The molecule has 0 spiro atoms. The zero-order valence-electron chi connectivity index (χ0n) is 11.0. The number of pyridine rings is 1. The van der Waals surface area contributed by atoms with E-state index in [4.69, 9.17) is 9.84 Å². The standard InChI is InChI=1S/C14H11BrN2O4/c1-21-12-3-2-8(14(19)20)5-11(12)17-13(18)9-4-10(15)7-16-6-9/h2-7H,1H3,(H,17,18)(H,19,20). The van der Waals surface area contributed by atoms with Gasteiger partial charge in [-0.2, -0.15) is 0 Å². The summed E-state index contributed by atoms with van der Waals surface area (Å²) in [5, 5.41) is 11.6. The Morgan fingerprint density at radius 2 is 2.00 bits per heavy atom. The minimum absolute atomic E-state index is 0.0541. The van der Waals surface area contributed by atoms with Crippen LogP contribution >= 0.6 is 15.9 Å². The number of aromatic carboxylic acids is 1. The number of carbonyl (C=O) groups is 2. The normalized spacial score (nSPS) is 10.0. The van der Waals surface area contributed by atoms with Gasteiger partial charge in [0.1, 0.15) is 5.75 Å². The van der Waals surface area contributed by atoms with E-state index in [2.05, 4.69) is 26.2 Å². The van der Waals surface area contributed by atoms with Gasteiger partial charge in [-0.25, -0.2) is 4.79 Å². The Bertz CT molecular complexity index is 703. The second-order valence-electron chi connectivity index (χ2n) is 4.07. The Labute approximate surface area is 128 Å². The first kappa shape index (κ1) is 15.0. The summed E-state index contributed by atoms with van der Waals surface area (Å²) >= 11 is 3.23. The summed E-state index contributed by atoms with van der Waals surface area (Å²) in [6, 6.07) is 5.83. The van der Waals surface area contributed by atoms with Crippen molar-refractivity contribution in [1.29, 1.82) is 0 Å². The molecule has 0 aliphatic carbocycles. The molecule has 2 aromatic rings. The smallest absolute Gasteiger partial charge is 0.335 e. The van der Waals surface area contributed by atoms with E-state index in [0.29, 0.717) is 15.8 Å². The third-order valence-electron chi connectivity index (χ3n) is 2.66. The maximum Gasteiger partial charge on any atom is 0.335 e. The van der Waals surface area contributed by atoms with Crippen LogP contribution in [0.15, 0.2) is 41.1 Å². The lowest BCUT2D eigenvalue weighted by molar-refractivity contribution is 0.0696. The number of hydrogen-bond donors (Lipinski definition) is 2. The molecule has 0 unspecified atom stereocenters. The van der Waals surface area contributed by atoms with Crippen LogP contribution in [0, 0.1) is 0 Å². The summed E-state index contributed by atoms with van der Waals surface area (Å²) in [7, 11) is 1.44. The Morgan fingerprint density at radius 3 is 2.62 bits per heavy atom. The number of carboxylic acid groups (broad SMARTS) is 1. The van der Waals surface area contributed by atoms with Crippen LogP contribution in [0.3, 0.4) is 0 Å². The Morgan fingerprint density at radius 1 is 1.24 bits per heavy atom. The van der Waals surface area contributed by atoms with Crippen molar-refractivity contribution in [2.75, 3.05) is 12.4 Å². The molecule has 6 nitrogen and oxygen atoms in total. The highest BCUT2D eigenvalue weighted by atomic mass is 79.9. The quantitative estimate of drug-likeness (QED) is 0.884. The minimum Gasteiger partial charge on any atom is -0.495 e. The van der Waals surface area contributed by atoms with E-state index >= 15 is 0 Å². The van der Waals surface area contributed by atoms with Gasteiger partial charge in [-0.3, -0.25) is 9.78 Å². The summed E-state index contributed by atoms with van der Waals surface area (Å²) in [5.74, 6) is -1.13. The lowest BCUT2D eigenvalue weighted by atomic mass is 10.1. The van der Waals surface area contributed by atoms with Crippen LogP contribution in [0.1, 0.15) is 20.7 Å². The fourth-order valence-electron chi connectivity index (χ4n) is 1.67. The predicted octanol–water partition coefficient (Wildman–Crippen LogP) is 2.80. The van der Waals surface area contributed by atoms with Crippen molar-refractivity contribution in [2.24, 2.45) is 0 Å². The zero-order valence-corrected chi connectivity index (χ0v) is 12.5. The number of hydrogen-bond acceptors (Lipinski definition) is 4. The Kier molecular flexibility index (Phi) is 4.54. The molecule has 1 aromatic heterocycles. The van der Waals surface area contributed by atoms with Crippen molar-refractivity contribution in [3.8, 4) is 5.75 Å². The number of aromatic nitrogens is 1. The second kappa shape index (κ2) is 6.36. The van der Waals surface area contributed by atoms with Crippen molar-refractivity contribution >= 4 is 33.5 Å². The molecule has 1 heterocycles. The Hall–Kier alpha value is -2.41. The van der Waals surface area contributed by atoms with Crippen molar-refractivity contribution in [1.82, 2.24) is 4.98 Å². The summed E-state index contributed by atoms with van der Waals surface area (Å²) < 4.78 is 5.78. The molecule has 0 radical (unpaired) electrons. The van der Waals surface area contributed by atoms with Gasteiger partial charge in [0, 0.05) is 16.9 Å². The SMILES string of the molecule is COc1ccc(C(=O)O)cc1NC(=O)c1cncc(Br)c1. The van der Waals surface area contributed by atoms with E-state index in [1.54, 1.807) is 12.3 Å². The van der Waals surface area contributed by atoms with Crippen molar-refractivity contribution in [3.63, 3.8) is 0 Å². The maximum absolute atomic E-state index is 12.1. The van der Waals surface area contributed by atoms with Gasteiger partial charge >= 0.3 is 5.97 Å². The number of methoxy groups -OCH3 is 1. The van der Waals surface area contributed by atoms with Crippen LogP contribution < -0.4 is 10.1 Å². The molecule has 21 heavy (non-hydrogen) atoms. The predicted molar refractivity (Wildman–Crippen MR) is 79.8 cm³/mol. The third-order valence-corrected chi connectivity index (χ3v) is 3.10.